The molecule has 0 saturated carbocycles. The van der Waals surface area contributed by atoms with Gasteiger partial charge in [0.25, 0.3) is 5.91 Å². The molecule has 1 N–H and O–H groups in total. The molecule has 5 nitrogen and oxygen atoms in total. The number of furan rings is 1. The van der Waals surface area contributed by atoms with Gasteiger partial charge in [-0.05, 0) is 43.3 Å². The van der Waals surface area contributed by atoms with Crippen LogP contribution < -0.4 is 10.2 Å². The molecule has 0 unspecified atom stereocenters. The molecule has 0 atom stereocenters. The van der Waals surface area contributed by atoms with E-state index in [1.807, 2.05) is 0 Å². The highest BCUT2D eigenvalue weighted by Crippen LogP contribution is 2.15. The highest BCUT2D eigenvalue weighted by molar-refractivity contribution is 6.30. The van der Waals surface area contributed by atoms with Gasteiger partial charge < -0.3 is 9.15 Å². The van der Waals surface area contributed by atoms with E-state index in [4.69, 9.17) is 20.8 Å². The topological polar surface area (TPSA) is 63.8 Å². The molecule has 0 aliphatic rings. The van der Waals surface area contributed by atoms with Gasteiger partial charge in [-0.3, -0.25) is 4.79 Å². The number of carbonyl (C=O) groups is 1. The summed E-state index contributed by atoms with van der Waals surface area (Å²) in [4.78, 5) is 11.6. The number of carbonyl (C=O) groups excluding carboxylic acids is 1. The second kappa shape index (κ2) is 6.77. The largest absolute Gasteiger partial charge is 0.484 e. The van der Waals surface area contributed by atoms with Crippen LogP contribution in [0.15, 0.2) is 52.2 Å². The summed E-state index contributed by atoms with van der Waals surface area (Å²) in [7, 11) is 0. The van der Waals surface area contributed by atoms with Gasteiger partial charge in [0, 0.05) is 5.02 Å². The second-order valence-electron chi connectivity index (χ2n) is 3.95. The van der Waals surface area contributed by atoms with E-state index in [2.05, 4.69) is 10.5 Å². The molecule has 0 bridgehead atoms. The van der Waals surface area contributed by atoms with E-state index in [9.17, 15) is 4.79 Å². The number of amides is 1. The molecule has 1 aromatic carbocycles. The van der Waals surface area contributed by atoms with Crippen LogP contribution in [0.4, 0.5) is 0 Å². The van der Waals surface area contributed by atoms with E-state index >= 15 is 0 Å². The Morgan fingerprint density at radius 2 is 2.10 bits per heavy atom. The molecule has 2 rings (SSSR count). The lowest BCUT2D eigenvalue weighted by molar-refractivity contribution is -0.123. The van der Waals surface area contributed by atoms with Crippen molar-refractivity contribution in [1.29, 1.82) is 0 Å². The first-order valence-corrected chi connectivity index (χ1v) is 6.28. The number of benzene rings is 1. The summed E-state index contributed by atoms with van der Waals surface area (Å²) in [5.41, 5.74) is 2.97. The Kier molecular flexibility index (Phi) is 4.79. The van der Waals surface area contributed by atoms with Crippen LogP contribution in [0.1, 0.15) is 12.7 Å². The number of hydrogen-bond donors (Lipinski definition) is 1. The van der Waals surface area contributed by atoms with Crippen LogP contribution >= 0.6 is 11.6 Å². The molecule has 0 fully saturated rings. The number of ether oxygens (including phenoxy) is 1. The van der Waals surface area contributed by atoms with Gasteiger partial charge in [-0.25, -0.2) is 5.43 Å². The maximum absolute atomic E-state index is 11.6. The van der Waals surface area contributed by atoms with Crippen molar-refractivity contribution in [2.24, 2.45) is 5.10 Å². The van der Waals surface area contributed by atoms with Crippen LogP contribution in [0.2, 0.25) is 5.02 Å². The quantitative estimate of drug-likeness (QED) is 0.681. The van der Waals surface area contributed by atoms with E-state index in [0.29, 0.717) is 22.2 Å². The summed E-state index contributed by atoms with van der Waals surface area (Å²) < 4.78 is 10.4. The fourth-order valence-electron chi connectivity index (χ4n) is 1.40. The summed E-state index contributed by atoms with van der Waals surface area (Å²) in [5.74, 6) is 0.811. The maximum Gasteiger partial charge on any atom is 0.277 e. The summed E-state index contributed by atoms with van der Waals surface area (Å²) in [6.07, 6.45) is 1.54. The average Bonchev–Trinajstić information content (AvgIpc) is 2.98. The minimum absolute atomic E-state index is 0.128. The van der Waals surface area contributed by atoms with Crippen molar-refractivity contribution < 1.29 is 13.9 Å². The molecule has 0 aliphatic heterocycles. The molecule has 0 spiro atoms. The van der Waals surface area contributed by atoms with E-state index in [-0.39, 0.29) is 12.5 Å². The first kappa shape index (κ1) is 14.1. The minimum atomic E-state index is -0.356. The van der Waals surface area contributed by atoms with E-state index in [0.717, 1.165) is 0 Å². The maximum atomic E-state index is 11.6. The van der Waals surface area contributed by atoms with Crippen LogP contribution in [-0.4, -0.2) is 18.2 Å². The predicted octanol–water partition coefficient (Wildman–Crippen LogP) is 2.85. The molecule has 6 heteroatoms. The van der Waals surface area contributed by atoms with Crippen LogP contribution in [0, 0.1) is 0 Å². The molecule has 0 aliphatic carbocycles. The number of rotatable bonds is 5. The normalized spacial score (nSPS) is 11.2. The molecular weight excluding hydrogens is 280 g/mol. The van der Waals surface area contributed by atoms with Crippen molar-refractivity contribution in [3.63, 3.8) is 0 Å². The number of hydrogen-bond acceptors (Lipinski definition) is 4. The van der Waals surface area contributed by atoms with Crippen molar-refractivity contribution in [2.75, 3.05) is 6.61 Å². The number of hydrazone groups is 1. The lowest BCUT2D eigenvalue weighted by Crippen LogP contribution is -2.25. The van der Waals surface area contributed by atoms with Crippen molar-refractivity contribution >= 4 is 23.2 Å². The number of nitrogens with zero attached hydrogens (tertiary/aromatic N) is 1. The molecule has 2 aromatic rings. The SMILES string of the molecule is CC(=NNC(=O)COc1ccc(Cl)cc1)c1ccco1. The lowest BCUT2D eigenvalue weighted by Gasteiger charge is -2.05. The zero-order valence-corrected chi connectivity index (χ0v) is 11.6. The van der Waals surface area contributed by atoms with Gasteiger partial charge in [-0.2, -0.15) is 5.10 Å². The number of halogens is 1. The molecule has 1 heterocycles. The molecule has 20 heavy (non-hydrogen) atoms. The van der Waals surface area contributed by atoms with E-state index < -0.39 is 0 Å². The zero-order chi connectivity index (χ0) is 14.4. The monoisotopic (exact) mass is 292 g/mol. The molecule has 1 aromatic heterocycles. The fourth-order valence-corrected chi connectivity index (χ4v) is 1.52. The third-order valence-electron chi connectivity index (χ3n) is 2.41. The Morgan fingerprint density at radius 1 is 1.35 bits per heavy atom. The molecule has 1 amide bonds. The van der Waals surface area contributed by atoms with Gasteiger partial charge in [0.1, 0.15) is 17.2 Å². The Hall–Kier alpha value is -2.27. The van der Waals surface area contributed by atoms with Crippen LogP contribution in [-0.2, 0) is 4.79 Å². The predicted molar refractivity (Wildman–Crippen MR) is 76.0 cm³/mol. The summed E-state index contributed by atoms with van der Waals surface area (Å²) in [5, 5.41) is 4.53. The number of nitrogens with one attached hydrogen (secondary N) is 1. The smallest absolute Gasteiger partial charge is 0.277 e. The van der Waals surface area contributed by atoms with Gasteiger partial charge in [0.15, 0.2) is 6.61 Å². The summed E-state index contributed by atoms with van der Waals surface area (Å²) in [6.45, 7) is 1.61. The molecular formula is C14H13ClN2O3. The Labute approximate surface area is 121 Å². The first-order valence-electron chi connectivity index (χ1n) is 5.90. The second-order valence-corrected chi connectivity index (χ2v) is 4.39. The lowest BCUT2D eigenvalue weighted by atomic mass is 10.3. The van der Waals surface area contributed by atoms with Crippen molar-refractivity contribution in [3.05, 3.63) is 53.4 Å². The van der Waals surface area contributed by atoms with E-state index in [1.165, 1.54) is 0 Å². The van der Waals surface area contributed by atoms with Gasteiger partial charge in [-0.1, -0.05) is 11.6 Å². The minimum Gasteiger partial charge on any atom is -0.484 e. The average molecular weight is 293 g/mol. The molecule has 104 valence electrons. The van der Waals surface area contributed by atoms with Crippen LogP contribution in [0.25, 0.3) is 0 Å². The molecule has 0 saturated heterocycles. The van der Waals surface area contributed by atoms with Crippen LogP contribution in [0.5, 0.6) is 5.75 Å². The third-order valence-corrected chi connectivity index (χ3v) is 2.66. The Bertz CT molecular complexity index is 591. The van der Waals surface area contributed by atoms with Gasteiger partial charge >= 0.3 is 0 Å². The Balaban J connectivity index is 1.81. The first-order chi connectivity index (χ1) is 9.65. The van der Waals surface area contributed by atoms with Crippen molar-refractivity contribution in [2.45, 2.75) is 6.92 Å². The third kappa shape index (κ3) is 4.13. The van der Waals surface area contributed by atoms with E-state index in [1.54, 1.807) is 49.6 Å². The Morgan fingerprint density at radius 3 is 2.75 bits per heavy atom. The highest BCUT2D eigenvalue weighted by atomic mass is 35.5. The van der Waals surface area contributed by atoms with Crippen molar-refractivity contribution in [1.82, 2.24) is 5.43 Å². The molecule has 0 radical (unpaired) electrons. The standard InChI is InChI=1S/C14H13ClN2O3/c1-10(13-3-2-8-19-13)16-17-14(18)9-20-12-6-4-11(15)5-7-12/h2-8H,9H2,1H3,(H,17,18). The highest BCUT2D eigenvalue weighted by Gasteiger charge is 2.04. The van der Waals surface area contributed by atoms with Gasteiger partial charge in [-0.15, -0.1) is 0 Å². The fraction of sp³-hybridized carbons (Fsp3) is 0.143. The van der Waals surface area contributed by atoms with Crippen molar-refractivity contribution in [3.8, 4) is 5.75 Å². The van der Waals surface area contributed by atoms with Gasteiger partial charge in [0.2, 0.25) is 0 Å². The summed E-state index contributed by atoms with van der Waals surface area (Å²) >= 11 is 5.75. The van der Waals surface area contributed by atoms with Gasteiger partial charge in [0.05, 0.1) is 6.26 Å². The zero-order valence-electron chi connectivity index (χ0n) is 10.8. The van der Waals surface area contributed by atoms with Crippen LogP contribution in [0.3, 0.4) is 0 Å². The summed E-state index contributed by atoms with van der Waals surface area (Å²) in [6, 6.07) is 10.3.